The first kappa shape index (κ1) is 29.8. The van der Waals surface area contributed by atoms with Crippen LogP contribution in [0.3, 0.4) is 0 Å². The summed E-state index contributed by atoms with van der Waals surface area (Å²) in [5.41, 5.74) is 0.535. The second-order valence-corrected chi connectivity index (χ2v) is 14.3. The number of nitrogens with zero attached hydrogens (tertiary/aromatic N) is 3. The lowest BCUT2D eigenvalue weighted by molar-refractivity contribution is -0.161. The van der Waals surface area contributed by atoms with E-state index in [9.17, 15) is 23.1 Å². The Bertz CT molecular complexity index is 1330. The molecule has 212 valence electrons. The largest absolute Gasteiger partial charge is 0.481 e. The molecule has 0 spiro atoms. The fourth-order valence-electron chi connectivity index (χ4n) is 5.83. The molecule has 1 saturated carbocycles. The summed E-state index contributed by atoms with van der Waals surface area (Å²) >= 11 is 12.6. The van der Waals surface area contributed by atoms with Crippen molar-refractivity contribution < 1.29 is 23.1 Å². The van der Waals surface area contributed by atoms with Gasteiger partial charge >= 0.3 is 5.97 Å². The monoisotopic (exact) mass is 595 g/mol. The van der Waals surface area contributed by atoms with Crippen LogP contribution in [0.15, 0.2) is 48.5 Å². The topological polar surface area (TPSA) is 98.2 Å². The molecule has 1 aliphatic heterocycles. The summed E-state index contributed by atoms with van der Waals surface area (Å²) in [5.74, 6) is -1.54. The van der Waals surface area contributed by atoms with Crippen molar-refractivity contribution >= 4 is 45.3 Å². The first-order valence-corrected chi connectivity index (χ1v) is 15.1. The van der Waals surface area contributed by atoms with Gasteiger partial charge in [0.05, 0.1) is 17.9 Å². The molecule has 8 nitrogen and oxygen atoms in total. The van der Waals surface area contributed by atoms with E-state index in [4.69, 9.17) is 23.2 Å². The first-order valence-electron chi connectivity index (χ1n) is 12.9. The summed E-state index contributed by atoms with van der Waals surface area (Å²) in [6.45, 7) is 1.79. The van der Waals surface area contributed by atoms with Gasteiger partial charge in [-0.05, 0) is 60.6 Å². The molecule has 1 heterocycles. The van der Waals surface area contributed by atoms with Crippen molar-refractivity contribution in [2.75, 3.05) is 27.7 Å². The molecule has 1 amide bonds. The van der Waals surface area contributed by atoms with E-state index in [0.717, 1.165) is 28.3 Å². The van der Waals surface area contributed by atoms with Crippen LogP contribution >= 0.6 is 23.2 Å². The number of aliphatic carboxylic acids is 1. The zero-order valence-corrected chi connectivity index (χ0v) is 24.9. The molecule has 2 aliphatic rings. The average Bonchev–Trinajstić information content (AvgIpc) is 3.69. The predicted octanol–water partition coefficient (Wildman–Crippen LogP) is 5.05. The zero-order chi connectivity index (χ0) is 28.7. The number of rotatable bonds is 10. The summed E-state index contributed by atoms with van der Waals surface area (Å²) in [4.78, 5) is 28.3. The number of carbonyl (C=O) groups excluding carboxylic acids is 1. The van der Waals surface area contributed by atoms with Crippen molar-refractivity contribution in [1.82, 2.24) is 13.5 Å². The molecule has 4 atom stereocenters. The number of hydrogen-bond acceptors (Lipinski definition) is 4. The average molecular weight is 597 g/mol. The van der Waals surface area contributed by atoms with Crippen LogP contribution in [0.25, 0.3) is 0 Å². The maximum absolute atomic E-state index is 14.4. The molecule has 2 aromatic rings. The zero-order valence-electron chi connectivity index (χ0n) is 22.5. The number of piperidine rings is 1. The third kappa shape index (κ3) is 6.28. The van der Waals surface area contributed by atoms with E-state index >= 15 is 0 Å². The molecular formula is C28H35Cl2N3O5S. The smallest absolute Gasteiger partial charge is 0.304 e. The number of likely N-dealkylation sites (tertiary alicyclic amines) is 1. The van der Waals surface area contributed by atoms with Gasteiger partial charge in [-0.25, -0.2) is 0 Å². The molecule has 39 heavy (non-hydrogen) atoms. The van der Waals surface area contributed by atoms with Gasteiger partial charge in [0, 0.05) is 49.7 Å². The minimum absolute atomic E-state index is 0.0897. The fraction of sp³-hybridized carbons (Fsp3) is 0.500. The van der Waals surface area contributed by atoms with Crippen LogP contribution in [-0.2, 0) is 19.8 Å². The normalized spacial score (nSPS) is 24.8. The molecular weight excluding hydrogens is 561 g/mol. The minimum Gasteiger partial charge on any atom is -0.481 e. The quantitative estimate of drug-likeness (QED) is 0.414. The highest BCUT2D eigenvalue weighted by atomic mass is 35.5. The van der Waals surface area contributed by atoms with Crippen LogP contribution in [-0.4, -0.2) is 72.6 Å². The number of benzene rings is 2. The van der Waals surface area contributed by atoms with E-state index in [0.29, 0.717) is 16.5 Å². The third-order valence-electron chi connectivity index (χ3n) is 7.95. The van der Waals surface area contributed by atoms with E-state index in [2.05, 4.69) is 0 Å². The van der Waals surface area contributed by atoms with Crippen molar-refractivity contribution in [2.45, 2.75) is 50.6 Å². The Hall–Kier alpha value is -2.17. The van der Waals surface area contributed by atoms with Crippen LogP contribution < -0.4 is 0 Å². The molecule has 1 saturated heterocycles. The number of carboxylic acid groups (broad SMARTS) is 1. The molecule has 0 unspecified atom stereocenters. The highest BCUT2D eigenvalue weighted by Crippen LogP contribution is 2.54. The van der Waals surface area contributed by atoms with Crippen molar-refractivity contribution in [3.05, 3.63) is 69.7 Å². The van der Waals surface area contributed by atoms with Gasteiger partial charge in [0.2, 0.25) is 5.91 Å². The first-order chi connectivity index (χ1) is 18.2. The lowest BCUT2D eigenvalue weighted by Gasteiger charge is -2.52. The van der Waals surface area contributed by atoms with Gasteiger partial charge in [-0.3, -0.25) is 9.59 Å². The maximum atomic E-state index is 14.4. The van der Waals surface area contributed by atoms with Crippen LogP contribution in [0.2, 0.25) is 10.0 Å². The summed E-state index contributed by atoms with van der Waals surface area (Å²) in [7, 11) is 0.718. The van der Waals surface area contributed by atoms with Crippen molar-refractivity contribution in [3.8, 4) is 0 Å². The molecule has 2 aromatic carbocycles. The van der Waals surface area contributed by atoms with Crippen LogP contribution in [0.5, 0.6) is 0 Å². The van der Waals surface area contributed by atoms with Gasteiger partial charge in [-0.15, -0.1) is 0 Å². The molecule has 0 radical (unpaired) electrons. The SMILES string of the molecule is CN(C)S(=O)(=O)N(C)C[C@H](C1CC1)N1C(=O)[C@](C)(CC(=O)O)C[C@H](c2cccc(Cl)c2)[C@H]1c1ccc(Cl)cc1. The van der Waals surface area contributed by atoms with Gasteiger partial charge in [-0.1, -0.05) is 54.4 Å². The van der Waals surface area contributed by atoms with Gasteiger partial charge in [0.1, 0.15) is 0 Å². The Kier molecular flexibility index (Phi) is 8.69. The summed E-state index contributed by atoms with van der Waals surface area (Å²) in [6.07, 6.45) is 1.67. The Labute approximate surface area is 240 Å². The predicted molar refractivity (Wildman–Crippen MR) is 152 cm³/mol. The molecule has 1 N–H and O–H groups in total. The van der Waals surface area contributed by atoms with Gasteiger partial charge in [0.25, 0.3) is 10.2 Å². The van der Waals surface area contributed by atoms with Crippen molar-refractivity contribution in [1.29, 1.82) is 0 Å². The number of carbonyl (C=O) groups is 2. The standard InChI is InChI=1S/C28H35Cl2N3O5S/c1-28(16-25(34)35)15-23(20-6-5-7-22(30)14-20)26(19-10-12-21(29)13-11-19)33(27(28)36)24(18-8-9-18)17-32(4)39(37,38)31(2)3/h5-7,10-14,18,23-24,26H,8-9,15-17H2,1-4H3,(H,34,35)/t23-,24-,26-,28+/m1/s1. The van der Waals surface area contributed by atoms with E-state index in [1.165, 1.54) is 25.4 Å². The second-order valence-electron chi connectivity index (χ2n) is 11.2. The fourth-order valence-corrected chi connectivity index (χ4v) is 7.05. The minimum atomic E-state index is -3.74. The Balaban J connectivity index is 1.90. The lowest BCUT2D eigenvalue weighted by atomic mass is 9.67. The van der Waals surface area contributed by atoms with Crippen LogP contribution in [0.4, 0.5) is 0 Å². The van der Waals surface area contributed by atoms with Crippen molar-refractivity contribution in [2.24, 2.45) is 11.3 Å². The highest BCUT2D eigenvalue weighted by molar-refractivity contribution is 7.86. The highest BCUT2D eigenvalue weighted by Gasteiger charge is 2.55. The summed E-state index contributed by atoms with van der Waals surface area (Å²) < 4.78 is 28.4. The van der Waals surface area contributed by atoms with E-state index in [1.807, 2.05) is 30.3 Å². The van der Waals surface area contributed by atoms with Crippen LogP contribution in [0, 0.1) is 11.3 Å². The number of likely N-dealkylation sites (N-methyl/N-ethyl adjacent to an activating group) is 1. The van der Waals surface area contributed by atoms with E-state index < -0.39 is 33.7 Å². The number of halogens is 2. The van der Waals surface area contributed by atoms with Gasteiger partial charge < -0.3 is 10.0 Å². The number of amides is 1. The van der Waals surface area contributed by atoms with E-state index in [-0.39, 0.29) is 30.7 Å². The third-order valence-corrected chi connectivity index (χ3v) is 10.3. The molecule has 1 aliphatic carbocycles. The Morgan fingerprint density at radius 1 is 1.08 bits per heavy atom. The number of carboxylic acids is 1. The maximum Gasteiger partial charge on any atom is 0.304 e. The lowest BCUT2D eigenvalue weighted by Crippen LogP contribution is -2.59. The van der Waals surface area contributed by atoms with E-state index in [1.54, 1.807) is 30.0 Å². The van der Waals surface area contributed by atoms with Crippen LogP contribution in [0.1, 0.15) is 55.7 Å². The molecule has 2 fully saturated rings. The molecule has 0 bridgehead atoms. The molecule has 11 heteroatoms. The van der Waals surface area contributed by atoms with Gasteiger partial charge in [0.15, 0.2) is 0 Å². The molecule has 4 rings (SSSR count). The summed E-state index contributed by atoms with van der Waals surface area (Å²) in [6, 6.07) is 13.8. The number of hydrogen-bond donors (Lipinski definition) is 1. The Morgan fingerprint density at radius 2 is 1.72 bits per heavy atom. The van der Waals surface area contributed by atoms with Crippen molar-refractivity contribution in [3.63, 3.8) is 0 Å². The Morgan fingerprint density at radius 3 is 2.26 bits per heavy atom. The van der Waals surface area contributed by atoms with Gasteiger partial charge in [-0.2, -0.15) is 17.0 Å². The summed E-state index contributed by atoms with van der Waals surface area (Å²) in [5, 5.41) is 10.9. The second kappa shape index (κ2) is 11.4. The molecule has 0 aromatic heterocycles.